The maximum absolute atomic E-state index is 11.2. The molecule has 0 saturated heterocycles. The summed E-state index contributed by atoms with van der Waals surface area (Å²) >= 11 is 0. The quantitative estimate of drug-likeness (QED) is 0.683. The Morgan fingerprint density at radius 3 is 2.71 bits per heavy atom. The average molecular weight is 219 g/mol. The van der Waals surface area contributed by atoms with Crippen LogP contribution in [-0.2, 0) is 27.4 Å². The van der Waals surface area contributed by atoms with Crippen molar-refractivity contribution in [2.24, 2.45) is 7.05 Å². The number of rotatable bonds is 4. The highest BCUT2D eigenvalue weighted by Crippen LogP contribution is 2.01. The van der Waals surface area contributed by atoms with Gasteiger partial charge in [-0.3, -0.25) is 9.48 Å². The van der Waals surface area contributed by atoms with Crippen LogP contribution in [0.1, 0.15) is 5.82 Å². The molecule has 0 fully saturated rings. The highest BCUT2D eigenvalue weighted by molar-refractivity contribution is 7.91. The summed E-state index contributed by atoms with van der Waals surface area (Å²) in [6, 6.07) is 0. The molecule has 0 amide bonds. The van der Waals surface area contributed by atoms with E-state index in [4.69, 9.17) is 5.11 Å². The van der Waals surface area contributed by atoms with Gasteiger partial charge in [-0.05, 0) is 0 Å². The molecule has 0 unspecified atom stereocenters. The van der Waals surface area contributed by atoms with Crippen molar-refractivity contribution in [2.45, 2.75) is 5.75 Å². The average Bonchev–Trinajstić information content (AvgIpc) is 2.32. The van der Waals surface area contributed by atoms with Gasteiger partial charge in [0.25, 0.3) is 0 Å². The topological polar surface area (TPSA) is 102 Å². The molecular formula is C6H9N3O4S. The molecule has 0 bridgehead atoms. The van der Waals surface area contributed by atoms with Crippen molar-refractivity contribution in [1.29, 1.82) is 0 Å². The number of hydrogen-bond donors (Lipinski definition) is 1. The Balaban J connectivity index is 2.79. The molecule has 0 aliphatic carbocycles. The van der Waals surface area contributed by atoms with E-state index in [1.54, 1.807) is 7.05 Å². The second-order valence-corrected chi connectivity index (χ2v) is 4.79. The second kappa shape index (κ2) is 3.74. The first-order valence-corrected chi connectivity index (χ1v) is 5.48. The van der Waals surface area contributed by atoms with Gasteiger partial charge in [-0.1, -0.05) is 0 Å². The van der Waals surface area contributed by atoms with E-state index in [0.29, 0.717) is 0 Å². The van der Waals surface area contributed by atoms with Crippen LogP contribution in [0.4, 0.5) is 0 Å². The number of carbonyl (C=O) groups is 1. The predicted molar refractivity (Wildman–Crippen MR) is 46.1 cm³/mol. The van der Waals surface area contributed by atoms with Gasteiger partial charge in [0.15, 0.2) is 9.84 Å². The largest absolute Gasteiger partial charge is 0.480 e. The lowest BCUT2D eigenvalue weighted by atomic mass is 10.7. The van der Waals surface area contributed by atoms with Gasteiger partial charge in [0.2, 0.25) is 0 Å². The molecule has 14 heavy (non-hydrogen) atoms. The third-order valence-electron chi connectivity index (χ3n) is 1.50. The van der Waals surface area contributed by atoms with Crippen LogP contribution in [0.25, 0.3) is 0 Å². The van der Waals surface area contributed by atoms with Crippen LogP contribution in [0.5, 0.6) is 0 Å². The molecule has 78 valence electrons. The van der Waals surface area contributed by atoms with Crippen molar-refractivity contribution in [1.82, 2.24) is 14.8 Å². The number of carboxylic acids is 1. The van der Waals surface area contributed by atoms with Gasteiger partial charge in [-0.2, -0.15) is 5.10 Å². The first kappa shape index (κ1) is 10.6. The Morgan fingerprint density at radius 1 is 1.64 bits per heavy atom. The lowest BCUT2D eigenvalue weighted by molar-refractivity contribution is -0.134. The van der Waals surface area contributed by atoms with Gasteiger partial charge in [0.1, 0.15) is 23.7 Å². The molecule has 0 radical (unpaired) electrons. The standard InChI is InChI=1S/C6H9N3O4S/c1-9-5(7-4-8-9)2-14(12,13)3-6(10)11/h4H,2-3H2,1H3,(H,10,11). The lowest BCUT2D eigenvalue weighted by Crippen LogP contribution is -2.18. The van der Waals surface area contributed by atoms with Crippen LogP contribution in [-0.4, -0.2) is 40.0 Å². The molecule has 0 aliphatic rings. The number of nitrogens with zero attached hydrogens (tertiary/aromatic N) is 3. The highest BCUT2D eigenvalue weighted by Gasteiger charge is 2.18. The Morgan fingerprint density at radius 2 is 2.29 bits per heavy atom. The summed E-state index contributed by atoms with van der Waals surface area (Å²) in [7, 11) is -2.11. The maximum Gasteiger partial charge on any atom is 0.318 e. The van der Waals surface area contributed by atoms with E-state index < -0.39 is 27.3 Å². The zero-order valence-corrected chi connectivity index (χ0v) is 8.23. The number of carboxylic acid groups (broad SMARTS) is 1. The number of aliphatic carboxylic acids is 1. The monoisotopic (exact) mass is 219 g/mol. The van der Waals surface area contributed by atoms with Crippen molar-refractivity contribution in [3.63, 3.8) is 0 Å². The van der Waals surface area contributed by atoms with Gasteiger partial charge < -0.3 is 5.11 Å². The predicted octanol–water partition coefficient (Wildman–Crippen LogP) is -1.19. The summed E-state index contributed by atoms with van der Waals surface area (Å²) in [4.78, 5) is 13.9. The normalized spacial score (nSPS) is 11.5. The summed E-state index contributed by atoms with van der Waals surface area (Å²) in [6.45, 7) is 0. The molecule has 0 aromatic carbocycles. The van der Waals surface area contributed by atoms with Crippen LogP contribution in [0, 0.1) is 0 Å². The summed E-state index contributed by atoms with van der Waals surface area (Å²) < 4.78 is 23.7. The molecule has 8 heteroatoms. The minimum absolute atomic E-state index is 0.228. The Kier molecular flexibility index (Phi) is 2.84. The fourth-order valence-electron chi connectivity index (χ4n) is 0.887. The summed E-state index contributed by atoms with van der Waals surface area (Å²) in [6.07, 6.45) is 1.21. The molecule has 1 aromatic rings. The molecular weight excluding hydrogens is 210 g/mol. The van der Waals surface area contributed by atoms with E-state index in [9.17, 15) is 13.2 Å². The molecule has 0 aliphatic heterocycles. The molecule has 0 atom stereocenters. The SMILES string of the molecule is Cn1ncnc1CS(=O)(=O)CC(=O)O. The smallest absolute Gasteiger partial charge is 0.318 e. The first-order valence-electron chi connectivity index (χ1n) is 3.66. The molecule has 7 nitrogen and oxygen atoms in total. The van der Waals surface area contributed by atoms with Crippen LogP contribution < -0.4 is 0 Å². The zero-order chi connectivity index (χ0) is 10.8. The summed E-state index contributed by atoms with van der Waals surface area (Å²) in [5, 5.41) is 12.0. The molecule has 1 rings (SSSR count). The zero-order valence-electron chi connectivity index (χ0n) is 7.41. The number of hydrogen-bond acceptors (Lipinski definition) is 5. The Labute approximate surface area is 80.3 Å². The van der Waals surface area contributed by atoms with Gasteiger partial charge >= 0.3 is 5.97 Å². The molecule has 0 saturated carbocycles. The van der Waals surface area contributed by atoms with Gasteiger partial charge in [-0.15, -0.1) is 0 Å². The van der Waals surface area contributed by atoms with Gasteiger partial charge in [-0.25, -0.2) is 13.4 Å². The van der Waals surface area contributed by atoms with Crippen molar-refractivity contribution in [3.05, 3.63) is 12.2 Å². The van der Waals surface area contributed by atoms with Crippen LogP contribution in [0.3, 0.4) is 0 Å². The summed E-state index contributed by atoms with van der Waals surface area (Å²) in [5.74, 6) is -2.44. The van der Waals surface area contributed by atoms with Crippen LogP contribution in [0.2, 0.25) is 0 Å². The molecule has 0 spiro atoms. The van der Waals surface area contributed by atoms with Crippen LogP contribution >= 0.6 is 0 Å². The number of aromatic nitrogens is 3. The minimum atomic E-state index is -3.65. The first-order chi connectivity index (χ1) is 6.41. The third-order valence-corrected chi connectivity index (χ3v) is 2.88. The molecule has 1 N–H and O–H groups in total. The molecule has 1 aromatic heterocycles. The highest BCUT2D eigenvalue weighted by atomic mass is 32.2. The van der Waals surface area contributed by atoms with E-state index >= 15 is 0 Å². The van der Waals surface area contributed by atoms with Crippen molar-refractivity contribution >= 4 is 15.8 Å². The lowest BCUT2D eigenvalue weighted by Gasteiger charge is -2.00. The third kappa shape index (κ3) is 2.80. The van der Waals surface area contributed by atoms with Crippen molar-refractivity contribution < 1.29 is 18.3 Å². The maximum atomic E-state index is 11.2. The number of aryl methyl sites for hydroxylation is 1. The van der Waals surface area contributed by atoms with Crippen molar-refractivity contribution in [2.75, 3.05) is 5.75 Å². The second-order valence-electron chi connectivity index (χ2n) is 2.73. The van der Waals surface area contributed by atoms with E-state index in [0.717, 1.165) is 0 Å². The fraction of sp³-hybridized carbons (Fsp3) is 0.500. The number of sulfone groups is 1. The van der Waals surface area contributed by atoms with E-state index in [1.165, 1.54) is 11.0 Å². The Bertz CT molecular complexity index is 436. The van der Waals surface area contributed by atoms with Crippen LogP contribution in [0.15, 0.2) is 6.33 Å². The van der Waals surface area contributed by atoms with Gasteiger partial charge in [0.05, 0.1) is 0 Å². The minimum Gasteiger partial charge on any atom is -0.480 e. The van der Waals surface area contributed by atoms with E-state index in [2.05, 4.69) is 10.1 Å². The van der Waals surface area contributed by atoms with E-state index in [1.807, 2.05) is 0 Å². The molecule has 1 heterocycles. The van der Waals surface area contributed by atoms with Gasteiger partial charge in [0, 0.05) is 7.05 Å². The summed E-state index contributed by atoms with van der Waals surface area (Å²) in [5.41, 5.74) is 0. The fourth-order valence-corrected chi connectivity index (χ4v) is 2.02. The van der Waals surface area contributed by atoms with E-state index in [-0.39, 0.29) is 5.82 Å². The Hall–Kier alpha value is -1.44. The van der Waals surface area contributed by atoms with Crippen molar-refractivity contribution in [3.8, 4) is 0 Å².